The van der Waals surface area contributed by atoms with Gasteiger partial charge in [0, 0.05) is 0 Å². The molecule has 1 aromatic rings. The average Bonchev–Trinajstić information content (AvgIpc) is 2.19. The molecule has 76 valence electrons. The van der Waals surface area contributed by atoms with E-state index in [1.807, 2.05) is 31.2 Å². The Labute approximate surface area is 86.9 Å². The van der Waals surface area contributed by atoms with Gasteiger partial charge >= 0.3 is 0 Å². The first-order valence-corrected chi connectivity index (χ1v) is 5.68. The molecule has 0 saturated heterocycles. The molecule has 14 heavy (non-hydrogen) atoms. The van der Waals surface area contributed by atoms with Crippen LogP contribution in [0, 0.1) is 0 Å². The highest BCUT2D eigenvalue weighted by atomic mass is 32.2. The van der Waals surface area contributed by atoms with Gasteiger partial charge in [0.05, 0.1) is 5.25 Å². The van der Waals surface area contributed by atoms with Gasteiger partial charge in [0.15, 0.2) is 11.1 Å². The summed E-state index contributed by atoms with van der Waals surface area (Å²) in [5.74, 6) is 0. The summed E-state index contributed by atoms with van der Waals surface area (Å²) < 4.78 is 20.1. The summed E-state index contributed by atoms with van der Waals surface area (Å²) >= 11 is -1.80. The van der Waals surface area contributed by atoms with Crippen LogP contribution in [0.2, 0.25) is 0 Å². The molecule has 0 aliphatic rings. The summed E-state index contributed by atoms with van der Waals surface area (Å²) in [5, 5.41) is -0.296. The molecule has 1 N–H and O–H groups in total. The van der Waals surface area contributed by atoms with E-state index in [9.17, 15) is 4.21 Å². The molecular weight excluding hydrogens is 196 g/mol. The number of rotatable bonds is 4. The lowest BCUT2D eigenvalue weighted by Gasteiger charge is -2.11. The van der Waals surface area contributed by atoms with Gasteiger partial charge in [-0.1, -0.05) is 43.8 Å². The number of benzene rings is 1. The summed E-state index contributed by atoms with van der Waals surface area (Å²) in [6.07, 6.45) is 2.39. The van der Waals surface area contributed by atoms with E-state index >= 15 is 0 Å². The minimum atomic E-state index is -1.80. The Hall–Kier alpha value is -0.930. The summed E-state index contributed by atoms with van der Waals surface area (Å²) in [6.45, 7) is 5.57. The average molecular weight is 210 g/mol. The van der Waals surface area contributed by atoms with E-state index in [2.05, 4.69) is 6.58 Å². The second-order valence-corrected chi connectivity index (χ2v) is 4.17. The van der Waals surface area contributed by atoms with Crippen molar-refractivity contribution >= 4 is 17.2 Å². The molecule has 0 bridgehead atoms. The van der Waals surface area contributed by atoms with E-state index in [1.165, 1.54) is 0 Å². The Morgan fingerprint density at radius 3 is 2.86 bits per heavy atom. The van der Waals surface area contributed by atoms with Crippen LogP contribution in [-0.4, -0.2) is 8.76 Å². The van der Waals surface area contributed by atoms with Gasteiger partial charge in [-0.2, -0.15) is 0 Å². The zero-order valence-corrected chi connectivity index (χ0v) is 8.96. The highest BCUT2D eigenvalue weighted by Crippen LogP contribution is 2.23. The van der Waals surface area contributed by atoms with Crippen molar-refractivity contribution in [1.82, 2.24) is 0 Å². The van der Waals surface area contributed by atoms with E-state index in [1.54, 1.807) is 6.08 Å². The van der Waals surface area contributed by atoms with Crippen LogP contribution in [-0.2, 0) is 11.1 Å². The first-order chi connectivity index (χ1) is 6.69. The molecule has 3 heteroatoms. The SMILES string of the molecule is C=Cc1cccc(C(CC)S(=O)O)c1. The maximum absolute atomic E-state index is 11.0. The van der Waals surface area contributed by atoms with Crippen molar-refractivity contribution in [3.8, 4) is 0 Å². The van der Waals surface area contributed by atoms with E-state index in [4.69, 9.17) is 4.55 Å². The second-order valence-electron chi connectivity index (χ2n) is 3.05. The van der Waals surface area contributed by atoms with Gasteiger partial charge in [0.25, 0.3) is 0 Å². The standard InChI is InChI=1S/C11H14O2S/c1-3-9-6-5-7-10(8-9)11(4-2)14(12)13/h3,5-8,11H,1,4H2,2H3,(H,12,13). The van der Waals surface area contributed by atoms with Crippen molar-refractivity contribution in [3.05, 3.63) is 42.0 Å². The predicted octanol–water partition coefficient (Wildman–Crippen LogP) is 3.00. The second kappa shape index (κ2) is 5.08. The molecule has 0 radical (unpaired) electrons. The van der Waals surface area contributed by atoms with Gasteiger partial charge in [-0.05, 0) is 17.5 Å². The van der Waals surface area contributed by atoms with Crippen molar-refractivity contribution in [1.29, 1.82) is 0 Å². The monoisotopic (exact) mass is 210 g/mol. The fraction of sp³-hybridized carbons (Fsp3) is 0.273. The van der Waals surface area contributed by atoms with Crippen molar-refractivity contribution in [2.75, 3.05) is 0 Å². The molecular formula is C11H14O2S. The van der Waals surface area contributed by atoms with E-state index < -0.39 is 11.1 Å². The quantitative estimate of drug-likeness (QED) is 0.776. The van der Waals surface area contributed by atoms with Gasteiger partial charge in [-0.25, -0.2) is 4.21 Å². The Balaban J connectivity index is 3.03. The Bertz CT molecular complexity index is 347. The fourth-order valence-electron chi connectivity index (χ4n) is 1.38. The third kappa shape index (κ3) is 2.53. The molecule has 0 aliphatic carbocycles. The van der Waals surface area contributed by atoms with E-state index in [0.29, 0.717) is 6.42 Å². The highest BCUT2D eigenvalue weighted by Gasteiger charge is 2.14. The molecule has 0 saturated carbocycles. The van der Waals surface area contributed by atoms with Crippen molar-refractivity contribution in [2.24, 2.45) is 0 Å². The maximum atomic E-state index is 11.0. The third-order valence-corrected chi connectivity index (χ3v) is 3.22. The molecule has 0 amide bonds. The number of hydrogen-bond acceptors (Lipinski definition) is 1. The molecule has 2 atom stereocenters. The third-order valence-electron chi connectivity index (χ3n) is 2.13. The maximum Gasteiger partial charge on any atom is 0.160 e. The molecule has 0 fully saturated rings. The van der Waals surface area contributed by atoms with Crippen LogP contribution in [0.4, 0.5) is 0 Å². The zero-order chi connectivity index (χ0) is 10.6. The van der Waals surface area contributed by atoms with Gasteiger partial charge < -0.3 is 4.55 Å². The van der Waals surface area contributed by atoms with Crippen LogP contribution < -0.4 is 0 Å². The summed E-state index contributed by atoms with van der Waals surface area (Å²) in [6, 6.07) is 7.57. The molecule has 0 spiro atoms. The normalized spacial score (nSPS) is 14.7. The molecule has 0 aliphatic heterocycles. The molecule has 1 rings (SSSR count). The Morgan fingerprint density at radius 1 is 1.64 bits per heavy atom. The largest absolute Gasteiger partial charge is 0.306 e. The van der Waals surface area contributed by atoms with Crippen molar-refractivity contribution in [2.45, 2.75) is 18.6 Å². The smallest absolute Gasteiger partial charge is 0.160 e. The summed E-state index contributed by atoms with van der Waals surface area (Å²) in [5.41, 5.74) is 1.87. The molecule has 2 unspecified atom stereocenters. The molecule has 0 aromatic heterocycles. The summed E-state index contributed by atoms with van der Waals surface area (Å²) in [7, 11) is 0. The first kappa shape index (κ1) is 11.1. The van der Waals surface area contributed by atoms with Gasteiger partial charge in [-0.15, -0.1) is 0 Å². The first-order valence-electron chi connectivity index (χ1n) is 4.51. The van der Waals surface area contributed by atoms with Crippen LogP contribution >= 0.6 is 0 Å². The summed E-state index contributed by atoms with van der Waals surface area (Å²) in [4.78, 5) is 0. The lowest BCUT2D eigenvalue weighted by atomic mass is 10.1. The lowest BCUT2D eigenvalue weighted by Crippen LogP contribution is -2.04. The van der Waals surface area contributed by atoms with Crippen LogP contribution in [0.5, 0.6) is 0 Å². The van der Waals surface area contributed by atoms with Crippen LogP contribution in [0.15, 0.2) is 30.8 Å². The fourth-order valence-corrected chi connectivity index (χ4v) is 2.05. The molecule has 1 aromatic carbocycles. The van der Waals surface area contributed by atoms with Gasteiger partial charge in [-0.3, -0.25) is 0 Å². The highest BCUT2D eigenvalue weighted by molar-refractivity contribution is 7.79. The van der Waals surface area contributed by atoms with E-state index in [-0.39, 0.29) is 5.25 Å². The Morgan fingerprint density at radius 2 is 2.36 bits per heavy atom. The Kier molecular flexibility index (Phi) is 4.04. The zero-order valence-electron chi connectivity index (χ0n) is 8.14. The predicted molar refractivity (Wildman–Crippen MR) is 60.3 cm³/mol. The van der Waals surface area contributed by atoms with Gasteiger partial charge in [0.2, 0.25) is 0 Å². The molecule has 0 heterocycles. The lowest BCUT2D eigenvalue weighted by molar-refractivity contribution is 0.547. The minimum Gasteiger partial charge on any atom is -0.306 e. The van der Waals surface area contributed by atoms with Gasteiger partial charge in [0.1, 0.15) is 0 Å². The van der Waals surface area contributed by atoms with Crippen molar-refractivity contribution in [3.63, 3.8) is 0 Å². The van der Waals surface area contributed by atoms with Crippen molar-refractivity contribution < 1.29 is 8.76 Å². The van der Waals surface area contributed by atoms with E-state index in [0.717, 1.165) is 11.1 Å². The minimum absolute atomic E-state index is 0.296. The van der Waals surface area contributed by atoms with Crippen LogP contribution in [0.1, 0.15) is 29.7 Å². The number of hydrogen-bond donors (Lipinski definition) is 1. The topological polar surface area (TPSA) is 37.3 Å². The molecule has 2 nitrogen and oxygen atoms in total. The van der Waals surface area contributed by atoms with Crippen LogP contribution in [0.3, 0.4) is 0 Å². The van der Waals surface area contributed by atoms with Crippen LogP contribution in [0.25, 0.3) is 6.08 Å².